The molecule has 0 radical (unpaired) electrons. The molecular weight excluding hydrogens is 380 g/mol. The summed E-state index contributed by atoms with van der Waals surface area (Å²) in [7, 11) is 0. The normalized spacial score (nSPS) is 10.2. The van der Waals surface area contributed by atoms with E-state index in [1.165, 1.54) is 6.92 Å². The fourth-order valence-corrected chi connectivity index (χ4v) is 2.53. The molecule has 0 unspecified atom stereocenters. The van der Waals surface area contributed by atoms with Crippen molar-refractivity contribution >= 4 is 50.7 Å². The van der Waals surface area contributed by atoms with E-state index in [2.05, 4.69) is 21.2 Å². The number of hydrogen-bond acceptors (Lipinski definition) is 2. The molecule has 0 heterocycles. The minimum absolute atomic E-state index is 0.113. The van der Waals surface area contributed by atoms with E-state index in [1.807, 2.05) is 24.3 Å². The van der Waals surface area contributed by atoms with Gasteiger partial charge in [0.25, 0.3) is 0 Å². The van der Waals surface area contributed by atoms with E-state index in [-0.39, 0.29) is 18.2 Å². The summed E-state index contributed by atoms with van der Waals surface area (Å²) in [6.07, 6.45) is 0.181. The average Bonchev–Trinajstić information content (AvgIpc) is 2.51. The van der Waals surface area contributed by atoms with Crippen LogP contribution in [0.25, 0.3) is 0 Å². The number of amides is 2. The summed E-state index contributed by atoms with van der Waals surface area (Å²) in [5.74, 6) is -0.306. The Morgan fingerprint density at radius 3 is 2.39 bits per heavy atom. The minimum Gasteiger partial charge on any atom is -0.325 e. The lowest BCUT2D eigenvalue weighted by Crippen LogP contribution is -2.31. The summed E-state index contributed by atoms with van der Waals surface area (Å²) in [6.45, 7) is 1.78. The lowest BCUT2D eigenvalue weighted by molar-refractivity contribution is -0.117. The molecule has 0 saturated heterocycles. The largest absolute Gasteiger partial charge is 0.325 e. The first-order valence-corrected chi connectivity index (χ1v) is 8.22. The van der Waals surface area contributed by atoms with E-state index in [1.54, 1.807) is 29.2 Å². The van der Waals surface area contributed by atoms with Gasteiger partial charge in [-0.1, -0.05) is 39.7 Å². The topological polar surface area (TPSA) is 49.4 Å². The van der Waals surface area contributed by atoms with Gasteiger partial charge in [0.05, 0.1) is 10.7 Å². The SMILES string of the molecule is CC(=O)N(CCC(=O)Nc1ccccc1Cl)c1ccc(Br)cc1. The molecule has 2 amide bonds. The van der Waals surface area contributed by atoms with Crippen LogP contribution in [-0.4, -0.2) is 18.4 Å². The monoisotopic (exact) mass is 394 g/mol. The predicted molar refractivity (Wildman–Crippen MR) is 96.9 cm³/mol. The molecule has 0 aliphatic rings. The third-order valence-corrected chi connectivity index (χ3v) is 4.09. The second-order valence-electron chi connectivity index (χ2n) is 4.93. The number of halogens is 2. The van der Waals surface area contributed by atoms with Crippen molar-refractivity contribution in [3.05, 3.63) is 58.0 Å². The molecule has 4 nitrogen and oxygen atoms in total. The number of para-hydroxylation sites is 1. The van der Waals surface area contributed by atoms with Crippen molar-refractivity contribution < 1.29 is 9.59 Å². The van der Waals surface area contributed by atoms with Gasteiger partial charge in [-0.05, 0) is 36.4 Å². The summed E-state index contributed by atoms with van der Waals surface area (Å²) in [6, 6.07) is 14.4. The van der Waals surface area contributed by atoms with Crippen LogP contribution in [0.15, 0.2) is 53.0 Å². The van der Waals surface area contributed by atoms with E-state index < -0.39 is 0 Å². The van der Waals surface area contributed by atoms with Gasteiger partial charge in [0.15, 0.2) is 0 Å². The van der Waals surface area contributed by atoms with Crippen molar-refractivity contribution in [3.8, 4) is 0 Å². The van der Waals surface area contributed by atoms with Crippen molar-refractivity contribution in [2.24, 2.45) is 0 Å². The highest BCUT2D eigenvalue weighted by molar-refractivity contribution is 9.10. The first kappa shape index (κ1) is 17.5. The molecule has 0 saturated carbocycles. The highest BCUT2D eigenvalue weighted by Gasteiger charge is 2.14. The van der Waals surface area contributed by atoms with Gasteiger partial charge >= 0.3 is 0 Å². The number of carbonyl (C=O) groups is 2. The van der Waals surface area contributed by atoms with Gasteiger partial charge in [0, 0.05) is 30.0 Å². The zero-order valence-electron chi connectivity index (χ0n) is 12.6. The van der Waals surface area contributed by atoms with Crippen LogP contribution in [0.3, 0.4) is 0 Å². The molecule has 0 aromatic heterocycles. The van der Waals surface area contributed by atoms with Crippen LogP contribution in [0, 0.1) is 0 Å². The highest BCUT2D eigenvalue weighted by atomic mass is 79.9. The lowest BCUT2D eigenvalue weighted by Gasteiger charge is -2.21. The molecule has 0 aliphatic carbocycles. The summed E-state index contributed by atoms with van der Waals surface area (Å²) >= 11 is 9.37. The summed E-state index contributed by atoms with van der Waals surface area (Å²) in [5, 5.41) is 3.23. The van der Waals surface area contributed by atoms with Gasteiger partial charge in [-0.3, -0.25) is 9.59 Å². The third kappa shape index (κ3) is 5.08. The zero-order chi connectivity index (χ0) is 16.8. The number of hydrogen-bond donors (Lipinski definition) is 1. The Kier molecular flexibility index (Phi) is 6.19. The van der Waals surface area contributed by atoms with Crippen LogP contribution in [0.4, 0.5) is 11.4 Å². The van der Waals surface area contributed by atoms with E-state index in [0.717, 1.165) is 10.2 Å². The zero-order valence-corrected chi connectivity index (χ0v) is 14.9. The molecule has 120 valence electrons. The summed E-state index contributed by atoms with van der Waals surface area (Å²) in [4.78, 5) is 25.4. The molecule has 0 aliphatic heterocycles. The van der Waals surface area contributed by atoms with Crippen LogP contribution in [0.1, 0.15) is 13.3 Å². The Morgan fingerprint density at radius 1 is 1.13 bits per heavy atom. The van der Waals surface area contributed by atoms with Crippen molar-refractivity contribution in [3.63, 3.8) is 0 Å². The molecule has 2 aromatic carbocycles. The van der Waals surface area contributed by atoms with Crippen molar-refractivity contribution in [2.45, 2.75) is 13.3 Å². The van der Waals surface area contributed by atoms with Crippen molar-refractivity contribution in [1.29, 1.82) is 0 Å². The van der Waals surface area contributed by atoms with E-state index in [9.17, 15) is 9.59 Å². The number of rotatable bonds is 5. The van der Waals surface area contributed by atoms with Gasteiger partial charge < -0.3 is 10.2 Å². The number of benzene rings is 2. The molecule has 0 bridgehead atoms. The van der Waals surface area contributed by atoms with Crippen LogP contribution in [-0.2, 0) is 9.59 Å². The smallest absolute Gasteiger partial charge is 0.226 e. The van der Waals surface area contributed by atoms with Gasteiger partial charge in [-0.15, -0.1) is 0 Å². The van der Waals surface area contributed by atoms with Crippen molar-refractivity contribution in [1.82, 2.24) is 0 Å². The Morgan fingerprint density at radius 2 is 1.78 bits per heavy atom. The van der Waals surface area contributed by atoms with E-state index in [0.29, 0.717) is 17.3 Å². The minimum atomic E-state index is -0.193. The Labute approximate surface area is 148 Å². The molecule has 0 atom stereocenters. The highest BCUT2D eigenvalue weighted by Crippen LogP contribution is 2.21. The number of nitrogens with zero attached hydrogens (tertiary/aromatic N) is 1. The molecule has 2 rings (SSSR count). The van der Waals surface area contributed by atoms with Crippen molar-refractivity contribution in [2.75, 3.05) is 16.8 Å². The van der Waals surface area contributed by atoms with E-state index in [4.69, 9.17) is 11.6 Å². The molecule has 0 fully saturated rings. The standard InChI is InChI=1S/C17H16BrClN2O2/c1-12(22)21(14-8-6-13(18)7-9-14)11-10-17(23)20-16-5-3-2-4-15(16)19/h2-9H,10-11H2,1H3,(H,20,23). The molecule has 2 aromatic rings. The maximum atomic E-state index is 12.1. The summed E-state index contributed by atoms with van der Waals surface area (Å²) < 4.78 is 0.932. The molecule has 1 N–H and O–H groups in total. The third-order valence-electron chi connectivity index (χ3n) is 3.23. The first-order chi connectivity index (χ1) is 11.0. The number of carbonyl (C=O) groups excluding carboxylic acids is 2. The molecule has 23 heavy (non-hydrogen) atoms. The lowest BCUT2D eigenvalue weighted by atomic mass is 10.2. The average molecular weight is 396 g/mol. The fraction of sp³-hybridized carbons (Fsp3) is 0.176. The Hall–Kier alpha value is -1.85. The van der Waals surface area contributed by atoms with Crippen LogP contribution in [0.5, 0.6) is 0 Å². The quantitative estimate of drug-likeness (QED) is 0.811. The summed E-state index contributed by atoms with van der Waals surface area (Å²) in [5.41, 5.74) is 1.32. The maximum absolute atomic E-state index is 12.1. The van der Waals surface area contributed by atoms with Crippen LogP contribution >= 0.6 is 27.5 Å². The Bertz CT molecular complexity index is 704. The molecular formula is C17H16BrClN2O2. The maximum Gasteiger partial charge on any atom is 0.226 e. The van der Waals surface area contributed by atoms with Crippen LogP contribution in [0.2, 0.25) is 5.02 Å². The van der Waals surface area contributed by atoms with Gasteiger partial charge in [-0.2, -0.15) is 0 Å². The van der Waals surface area contributed by atoms with Gasteiger partial charge in [0.2, 0.25) is 11.8 Å². The molecule has 0 spiro atoms. The van der Waals surface area contributed by atoms with Gasteiger partial charge in [-0.25, -0.2) is 0 Å². The predicted octanol–water partition coefficient (Wildman–Crippen LogP) is 4.48. The molecule has 6 heteroatoms. The number of anilines is 2. The second kappa shape index (κ2) is 8.13. The Balaban J connectivity index is 1.99. The first-order valence-electron chi connectivity index (χ1n) is 7.05. The fourth-order valence-electron chi connectivity index (χ4n) is 2.08. The van der Waals surface area contributed by atoms with Crippen LogP contribution < -0.4 is 10.2 Å². The van der Waals surface area contributed by atoms with Gasteiger partial charge in [0.1, 0.15) is 0 Å². The number of nitrogens with one attached hydrogen (secondary N) is 1. The second-order valence-corrected chi connectivity index (χ2v) is 6.25. The van der Waals surface area contributed by atoms with E-state index >= 15 is 0 Å².